The van der Waals surface area contributed by atoms with Gasteiger partial charge in [-0.2, -0.15) is 0 Å². The minimum absolute atomic E-state index is 0.0503. The molecule has 1 aliphatic carbocycles. The van der Waals surface area contributed by atoms with Crippen LogP contribution in [0, 0.1) is 0 Å². The second-order valence-corrected chi connectivity index (χ2v) is 5.83. The Hall–Kier alpha value is -1.63. The highest BCUT2D eigenvalue weighted by atomic mass is 16.4. The molecular formula is C13H23N5O6. The van der Waals surface area contributed by atoms with Crippen LogP contribution in [-0.2, 0) is 11.4 Å². The number of carbonyl (C=O) groups excluding carboxylic acids is 1. The van der Waals surface area contributed by atoms with Crippen LogP contribution in [0.5, 0.6) is 0 Å². The molecule has 1 saturated carbocycles. The average molecular weight is 345 g/mol. The monoisotopic (exact) mass is 345 g/mol. The van der Waals surface area contributed by atoms with Crippen molar-refractivity contribution in [3.8, 4) is 0 Å². The molecule has 0 radical (unpaired) electrons. The van der Waals surface area contributed by atoms with Crippen LogP contribution >= 0.6 is 0 Å². The predicted octanol–water partition coefficient (Wildman–Crippen LogP) is -4.01. The number of aliphatic hydroxyl groups is 5. The maximum Gasteiger partial charge on any atom is 0.249 e. The largest absolute Gasteiger partial charge is 0.390 e. The number of aromatic nitrogens is 3. The van der Waals surface area contributed by atoms with Crippen molar-refractivity contribution in [1.29, 1.82) is 0 Å². The Labute approximate surface area is 137 Å². The Morgan fingerprint density at radius 2 is 2.08 bits per heavy atom. The zero-order valence-corrected chi connectivity index (χ0v) is 12.9. The van der Waals surface area contributed by atoms with Crippen molar-refractivity contribution in [2.75, 3.05) is 6.54 Å². The number of amides is 1. The summed E-state index contributed by atoms with van der Waals surface area (Å²) >= 11 is 0. The third-order valence-electron chi connectivity index (χ3n) is 4.13. The van der Waals surface area contributed by atoms with E-state index in [9.17, 15) is 25.2 Å². The molecule has 0 spiro atoms. The Morgan fingerprint density at radius 3 is 2.67 bits per heavy atom. The molecule has 8 N–H and O–H groups in total. The van der Waals surface area contributed by atoms with E-state index in [-0.39, 0.29) is 31.7 Å². The van der Waals surface area contributed by atoms with Gasteiger partial charge >= 0.3 is 0 Å². The summed E-state index contributed by atoms with van der Waals surface area (Å²) in [6, 6.07) is -1.68. The number of carbonyl (C=O) groups is 1. The van der Waals surface area contributed by atoms with Crippen LogP contribution in [0.15, 0.2) is 6.20 Å². The SMILES string of the molecule is NCC[C@H](O)C(=O)N[C@H]1C[C@@H](n2cc(CO)nn2)[C@H](O)[C@@H](O)[C@@H]1O. The maximum atomic E-state index is 11.9. The highest BCUT2D eigenvalue weighted by molar-refractivity contribution is 5.80. The summed E-state index contributed by atoms with van der Waals surface area (Å²) < 4.78 is 1.26. The van der Waals surface area contributed by atoms with E-state index in [4.69, 9.17) is 10.8 Å². The summed E-state index contributed by atoms with van der Waals surface area (Å²) in [5, 5.41) is 58.8. The summed E-state index contributed by atoms with van der Waals surface area (Å²) in [5.41, 5.74) is 5.56. The quantitative estimate of drug-likeness (QED) is 0.269. The second-order valence-electron chi connectivity index (χ2n) is 5.83. The lowest BCUT2D eigenvalue weighted by molar-refractivity contribution is -0.141. The Kier molecular flexibility index (Phi) is 6.21. The number of nitrogens with zero attached hydrogens (tertiary/aromatic N) is 3. The van der Waals surface area contributed by atoms with Gasteiger partial charge in [0, 0.05) is 0 Å². The fourth-order valence-electron chi connectivity index (χ4n) is 2.73. The summed E-state index contributed by atoms with van der Waals surface area (Å²) in [6.07, 6.45) is -4.08. The first kappa shape index (κ1) is 18.7. The van der Waals surface area contributed by atoms with Crippen molar-refractivity contribution in [3.63, 3.8) is 0 Å². The summed E-state index contributed by atoms with van der Waals surface area (Å²) in [5.74, 6) is -0.721. The van der Waals surface area contributed by atoms with E-state index in [1.807, 2.05) is 0 Å². The highest BCUT2D eigenvalue weighted by Crippen LogP contribution is 2.29. The molecule has 0 saturated heterocycles. The number of nitrogens with one attached hydrogen (secondary N) is 1. The van der Waals surface area contributed by atoms with Gasteiger partial charge in [-0.1, -0.05) is 5.21 Å². The molecule has 2 rings (SSSR count). The third-order valence-corrected chi connectivity index (χ3v) is 4.13. The molecule has 6 atom stereocenters. The molecule has 1 aromatic rings. The number of nitrogens with two attached hydrogens (primary N) is 1. The van der Waals surface area contributed by atoms with Gasteiger partial charge in [-0.05, 0) is 19.4 Å². The first-order valence-corrected chi connectivity index (χ1v) is 7.63. The Bertz CT molecular complexity index is 555. The van der Waals surface area contributed by atoms with E-state index in [0.717, 1.165) is 0 Å². The second kappa shape index (κ2) is 7.96. The fraction of sp³-hybridized carbons (Fsp3) is 0.769. The van der Waals surface area contributed by atoms with E-state index in [1.165, 1.54) is 10.9 Å². The lowest BCUT2D eigenvalue weighted by Gasteiger charge is -2.40. The van der Waals surface area contributed by atoms with Gasteiger partial charge in [-0.25, -0.2) is 4.68 Å². The first-order valence-electron chi connectivity index (χ1n) is 7.63. The zero-order valence-electron chi connectivity index (χ0n) is 12.9. The van der Waals surface area contributed by atoms with E-state index in [1.54, 1.807) is 0 Å². The molecule has 1 aliphatic rings. The lowest BCUT2D eigenvalue weighted by atomic mass is 9.83. The number of hydrogen-bond donors (Lipinski definition) is 7. The van der Waals surface area contributed by atoms with Gasteiger partial charge in [0.25, 0.3) is 0 Å². The number of hydrogen-bond acceptors (Lipinski definition) is 9. The average Bonchev–Trinajstić information content (AvgIpc) is 3.04. The zero-order chi connectivity index (χ0) is 17.9. The van der Waals surface area contributed by atoms with E-state index in [0.29, 0.717) is 0 Å². The van der Waals surface area contributed by atoms with Gasteiger partial charge in [0.15, 0.2) is 0 Å². The van der Waals surface area contributed by atoms with E-state index < -0.39 is 42.4 Å². The van der Waals surface area contributed by atoms with Gasteiger partial charge in [0.1, 0.15) is 30.1 Å². The standard InChI is InChI=1S/C13H23N5O6/c14-2-1-9(20)13(24)15-7-3-8(11(22)12(23)10(7)21)18-4-6(5-19)16-17-18/h4,7-12,19-23H,1-3,5,14H2,(H,15,24)/t7-,8+,9-,10+,11-,12-/m0/s1. The summed E-state index contributed by atoms with van der Waals surface area (Å²) in [4.78, 5) is 11.9. The van der Waals surface area contributed by atoms with Crippen molar-refractivity contribution in [3.05, 3.63) is 11.9 Å². The molecule has 0 unspecified atom stereocenters. The summed E-state index contributed by atoms with van der Waals surface area (Å²) in [7, 11) is 0. The number of rotatable bonds is 6. The fourth-order valence-corrected chi connectivity index (χ4v) is 2.73. The van der Waals surface area contributed by atoms with Crippen molar-refractivity contribution >= 4 is 5.91 Å². The predicted molar refractivity (Wildman–Crippen MR) is 79.2 cm³/mol. The van der Waals surface area contributed by atoms with Crippen LogP contribution in [-0.4, -0.2) is 83.4 Å². The minimum atomic E-state index is -1.53. The lowest BCUT2D eigenvalue weighted by Crippen LogP contribution is -2.60. The maximum absolute atomic E-state index is 11.9. The molecule has 0 bridgehead atoms. The van der Waals surface area contributed by atoms with Crippen LogP contribution in [0.25, 0.3) is 0 Å². The van der Waals surface area contributed by atoms with Gasteiger partial charge in [0.05, 0.1) is 24.9 Å². The number of aliphatic hydroxyl groups excluding tert-OH is 5. The molecule has 1 fully saturated rings. The van der Waals surface area contributed by atoms with Gasteiger partial charge < -0.3 is 36.6 Å². The van der Waals surface area contributed by atoms with Gasteiger partial charge in [-0.3, -0.25) is 4.79 Å². The third kappa shape index (κ3) is 3.88. The molecule has 0 aliphatic heterocycles. The summed E-state index contributed by atoms with van der Waals surface area (Å²) in [6.45, 7) is -0.214. The van der Waals surface area contributed by atoms with Gasteiger partial charge in [-0.15, -0.1) is 5.10 Å². The molecule has 1 heterocycles. The smallest absolute Gasteiger partial charge is 0.249 e. The molecule has 136 valence electrons. The van der Waals surface area contributed by atoms with Crippen LogP contribution in [0.4, 0.5) is 0 Å². The molecule has 11 nitrogen and oxygen atoms in total. The molecule has 0 aromatic carbocycles. The van der Waals surface area contributed by atoms with Crippen LogP contribution in [0.3, 0.4) is 0 Å². The molecule has 1 amide bonds. The topological polar surface area (TPSA) is 187 Å². The normalized spacial score (nSPS) is 31.7. The van der Waals surface area contributed by atoms with Gasteiger partial charge in [0.2, 0.25) is 5.91 Å². The minimum Gasteiger partial charge on any atom is -0.390 e. The van der Waals surface area contributed by atoms with Crippen LogP contribution in [0.2, 0.25) is 0 Å². The van der Waals surface area contributed by atoms with Crippen molar-refractivity contribution in [2.24, 2.45) is 5.73 Å². The van der Waals surface area contributed by atoms with Crippen molar-refractivity contribution < 1.29 is 30.3 Å². The van der Waals surface area contributed by atoms with Crippen molar-refractivity contribution in [2.45, 2.75) is 55.9 Å². The van der Waals surface area contributed by atoms with Crippen molar-refractivity contribution in [1.82, 2.24) is 20.3 Å². The molecule has 24 heavy (non-hydrogen) atoms. The highest BCUT2D eigenvalue weighted by Gasteiger charge is 2.44. The Morgan fingerprint density at radius 1 is 1.38 bits per heavy atom. The van der Waals surface area contributed by atoms with Crippen LogP contribution < -0.4 is 11.1 Å². The Balaban J connectivity index is 2.12. The molecule has 11 heteroatoms. The molecular weight excluding hydrogens is 322 g/mol. The van der Waals surface area contributed by atoms with Crippen LogP contribution in [0.1, 0.15) is 24.6 Å². The van der Waals surface area contributed by atoms with E-state index in [2.05, 4.69) is 15.6 Å². The first-order chi connectivity index (χ1) is 11.4. The van der Waals surface area contributed by atoms with E-state index >= 15 is 0 Å². The molecule has 1 aromatic heterocycles.